The lowest BCUT2D eigenvalue weighted by atomic mass is 9.81. The predicted octanol–water partition coefficient (Wildman–Crippen LogP) is 4.18. The van der Waals surface area contributed by atoms with Gasteiger partial charge in [0.1, 0.15) is 5.75 Å². The SMILES string of the molecule is Cc1cc(C2(c3cccc(-c4cccnc4)c3)NC(=O)N(C)C2=O)ccc1OC(C)F. The van der Waals surface area contributed by atoms with Crippen molar-refractivity contribution in [1.29, 1.82) is 0 Å². The van der Waals surface area contributed by atoms with Gasteiger partial charge in [-0.3, -0.25) is 14.7 Å². The summed E-state index contributed by atoms with van der Waals surface area (Å²) in [7, 11) is 1.44. The second-order valence-corrected chi connectivity index (χ2v) is 7.51. The molecule has 31 heavy (non-hydrogen) atoms. The topological polar surface area (TPSA) is 71.5 Å². The lowest BCUT2D eigenvalue weighted by Gasteiger charge is -2.29. The maximum absolute atomic E-state index is 13.4. The van der Waals surface area contributed by atoms with E-state index in [1.165, 1.54) is 14.0 Å². The van der Waals surface area contributed by atoms with E-state index in [0.29, 0.717) is 22.4 Å². The fourth-order valence-corrected chi connectivity index (χ4v) is 3.85. The van der Waals surface area contributed by atoms with E-state index in [1.54, 1.807) is 43.6 Å². The molecule has 2 atom stereocenters. The van der Waals surface area contributed by atoms with Crippen LogP contribution in [0.2, 0.25) is 0 Å². The number of urea groups is 1. The molecule has 0 aliphatic carbocycles. The number of ether oxygens (including phenoxy) is 1. The average molecular weight is 419 g/mol. The Morgan fingerprint density at radius 2 is 1.81 bits per heavy atom. The molecule has 6 nitrogen and oxygen atoms in total. The second-order valence-electron chi connectivity index (χ2n) is 7.51. The maximum Gasteiger partial charge on any atom is 0.325 e. The molecule has 1 fully saturated rings. The van der Waals surface area contributed by atoms with Gasteiger partial charge in [0.2, 0.25) is 6.36 Å². The third-order valence-corrected chi connectivity index (χ3v) is 5.41. The van der Waals surface area contributed by atoms with Crippen molar-refractivity contribution in [3.63, 3.8) is 0 Å². The Kier molecular flexibility index (Phi) is 5.19. The number of carbonyl (C=O) groups is 2. The molecule has 0 saturated carbocycles. The van der Waals surface area contributed by atoms with Gasteiger partial charge < -0.3 is 10.1 Å². The van der Waals surface area contributed by atoms with E-state index < -0.39 is 23.8 Å². The minimum atomic E-state index is -1.46. The van der Waals surface area contributed by atoms with E-state index in [9.17, 15) is 14.0 Å². The van der Waals surface area contributed by atoms with Crippen molar-refractivity contribution in [3.8, 4) is 16.9 Å². The Bertz CT molecular complexity index is 1150. The highest BCUT2D eigenvalue weighted by molar-refractivity contribution is 6.09. The number of amides is 3. The Morgan fingerprint density at radius 1 is 1.06 bits per heavy atom. The molecule has 1 aliphatic heterocycles. The van der Waals surface area contributed by atoms with E-state index in [4.69, 9.17) is 4.74 Å². The van der Waals surface area contributed by atoms with Gasteiger partial charge in [-0.15, -0.1) is 0 Å². The highest BCUT2D eigenvalue weighted by atomic mass is 19.1. The number of aromatic nitrogens is 1. The standard InChI is InChI=1S/C24H22FN3O3/c1-15-12-20(9-10-21(15)31-16(2)25)24(22(29)28(3)23(30)27-24)19-8-4-6-17(13-19)18-7-5-11-26-14-18/h4-14,16H,1-3H3,(H,27,30). The van der Waals surface area contributed by atoms with Gasteiger partial charge >= 0.3 is 6.03 Å². The molecule has 4 rings (SSSR count). The van der Waals surface area contributed by atoms with E-state index in [2.05, 4.69) is 10.3 Å². The molecule has 1 aromatic heterocycles. The van der Waals surface area contributed by atoms with Crippen molar-refractivity contribution in [3.05, 3.63) is 83.7 Å². The Labute approximate surface area is 179 Å². The first kappa shape index (κ1) is 20.5. The van der Waals surface area contributed by atoms with Crippen LogP contribution in [0, 0.1) is 6.92 Å². The number of likely N-dealkylation sites (N-methyl/N-ethyl adjacent to an activating group) is 1. The van der Waals surface area contributed by atoms with Crippen LogP contribution in [0.4, 0.5) is 9.18 Å². The highest BCUT2D eigenvalue weighted by Crippen LogP contribution is 2.38. The number of carbonyl (C=O) groups excluding carboxylic acids is 2. The van der Waals surface area contributed by atoms with Crippen molar-refractivity contribution in [2.45, 2.75) is 25.7 Å². The van der Waals surface area contributed by atoms with Gasteiger partial charge in [-0.2, -0.15) is 0 Å². The van der Waals surface area contributed by atoms with Crippen LogP contribution in [0.15, 0.2) is 67.0 Å². The zero-order chi connectivity index (χ0) is 22.2. The monoisotopic (exact) mass is 419 g/mol. The number of hydrogen-bond donors (Lipinski definition) is 1. The molecular weight excluding hydrogens is 397 g/mol. The molecule has 1 N–H and O–H groups in total. The number of benzene rings is 2. The number of nitrogens with zero attached hydrogens (tertiary/aromatic N) is 2. The average Bonchev–Trinajstić information content (AvgIpc) is 3.00. The largest absolute Gasteiger partial charge is 0.460 e. The first-order valence-electron chi connectivity index (χ1n) is 9.86. The molecule has 2 aromatic carbocycles. The smallest absolute Gasteiger partial charge is 0.325 e. The molecule has 2 unspecified atom stereocenters. The summed E-state index contributed by atoms with van der Waals surface area (Å²) in [5, 5.41) is 2.87. The predicted molar refractivity (Wildman–Crippen MR) is 114 cm³/mol. The Hall–Kier alpha value is -3.74. The molecule has 3 aromatic rings. The van der Waals surface area contributed by atoms with E-state index in [1.807, 2.05) is 30.3 Å². The molecule has 1 aliphatic rings. The number of rotatable bonds is 5. The van der Waals surface area contributed by atoms with Gasteiger partial charge in [0.05, 0.1) is 0 Å². The van der Waals surface area contributed by atoms with Gasteiger partial charge in [-0.1, -0.05) is 30.3 Å². The third kappa shape index (κ3) is 3.52. The van der Waals surface area contributed by atoms with Crippen molar-refractivity contribution in [1.82, 2.24) is 15.2 Å². The maximum atomic E-state index is 13.4. The van der Waals surface area contributed by atoms with E-state index in [-0.39, 0.29) is 0 Å². The molecule has 1 saturated heterocycles. The highest BCUT2D eigenvalue weighted by Gasteiger charge is 2.52. The second kappa shape index (κ2) is 7.83. The molecule has 0 radical (unpaired) electrons. The van der Waals surface area contributed by atoms with Gasteiger partial charge in [-0.25, -0.2) is 9.18 Å². The van der Waals surface area contributed by atoms with E-state index in [0.717, 1.165) is 16.0 Å². The minimum absolute atomic E-state index is 0.378. The van der Waals surface area contributed by atoms with Gasteiger partial charge in [-0.05, 0) is 59.0 Å². The molecule has 2 heterocycles. The van der Waals surface area contributed by atoms with Crippen LogP contribution in [-0.2, 0) is 10.3 Å². The summed E-state index contributed by atoms with van der Waals surface area (Å²) in [6.07, 6.45) is 1.96. The van der Waals surface area contributed by atoms with Crippen LogP contribution < -0.4 is 10.1 Å². The summed E-state index contributed by atoms with van der Waals surface area (Å²) in [4.78, 5) is 31.1. The summed E-state index contributed by atoms with van der Waals surface area (Å²) in [6, 6.07) is 15.7. The van der Waals surface area contributed by atoms with Crippen molar-refractivity contribution < 1.29 is 18.7 Å². The van der Waals surface area contributed by atoms with Crippen molar-refractivity contribution in [2.75, 3.05) is 7.05 Å². The normalized spacial score (nSPS) is 19.3. The number of nitrogens with one attached hydrogen (secondary N) is 1. The number of imide groups is 1. The number of pyridine rings is 1. The molecule has 0 spiro atoms. The fraction of sp³-hybridized carbons (Fsp3) is 0.208. The van der Waals surface area contributed by atoms with Crippen LogP contribution in [0.1, 0.15) is 23.6 Å². The van der Waals surface area contributed by atoms with Gasteiger partial charge in [0.15, 0.2) is 5.54 Å². The summed E-state index contributed by atoms with van der Waals surface area (Å²) in [6.45, 7) is 3.07. The van der Waals surface area contributed by atoms with Crippen molar-refractivity contribution >= 4 is 11.9 Å². The summed E-state index contributed by atoms with van der Waals surface area (Å²) >= 11 is 0. The zero-order valence-corrected chi connectivity index (χ0v) is 17.4. The summed E-state index contributed by atoms with van der Waals surface area (Å²) in [5.74, 6) is -0.0177. The van der Waals surface area contributed by atoms with Gasteiger partial charge in [0, 0.05) is 26.4 Å². The van der Waals surface area contributed by atoms with Crippen LogP contribution in [-0.4, -0.2) is 35.2 Å². The number of alkyl halides is 1. The van der Waals surface area contributed by atoms with Crippen LogP contribution in [0.3, 0.4) is 0 Å². The van der Waals surface area contributed by atoms with Crippen molar-refractivity contribution in [2.24, 2.45) is 0 Å². The molecule has 158 valence electrons. The number of aryl methyl sites for hydroxylation is 1. The van der Waals surface area contributed by atoms with Crippen LogP contribution in [0.5, 0.6) is 5.75 Å². The zero-order valence-electron chi connectivity index (χ0n) is 17.4. The molecule has 7 heteroatoms. The number of hydrogen-bond acceptors (Lipinski definition) is 4. The molecule has 0 bridgehead atoms. The first-order valence-corrected chi connectivity index (χ1v) is 9.86. The van der Waals surface area contributed by atoms with E-state index >= 15 is 0 Å². The molecule has 3 amide bonds. The van der Waals surface area contributed by atoms with Gasteiger partial charge in [0.25, 0.3) is 5.91 Å². The fourth-order valence-electron chi connectivity index (χ4n) is 3.85. The molecular formula is C24H22FN3O3. The third-order valence-electron chi connectivity index (χ3n) is 5.41. The summed E-state index contributed by atoms with van der Waals surface area (Å²) in [5.41, 5.74) is 2.18. The number of halogens is 1. The first-order chi connectivity index (χ1) is 14.8. The Morgan fingerprint density at radius 3 is 2.42 bits per heavy atom. The summed E-state index contributed by atoms with van der Waals surface area (Å²) < 4.78 is 18.5. The lowest BCUT2D eigenvalue weighted by molar-refractivity contribution is -0.129. The van der Waals surface area contributed by atoms with Crippen LogP contribution in [0.25, 0.3) is 11.1 Å². The quantitative estimate of drug-likeness (QED) is 0.630. The Balaban J connectivity index is 1.88. The van der Waals surface area contributed by atoms with Crippen LogP contribution >= 0.6 is 0 Å². The lowest BCUT2D eigenvalue weighted by Crippen LogP contribution is -2.45. The minimum Gasteiger partial charge on any atom is -0.460 e.